The summed E-state index contributed by atoms with van der Waals surface area (Å²) in [4.78, 5) is 12.2. The van der Waals surface area contributed by atoms with Crippen LogP contribution >= 0.6 is 0 Å². The van der Waals surface area contributed by atoms with Crippen LogP contribution in [0.1, 0.15) is 57.4 Å². The predicted octanol–water partition coefficient (Wildman–Crippen LogP) is 4.31. The van der Waals surface area contributed by atoms with E-state index in [1.165, 1.54) is 19.3 Å². The van der Waals surface area contributed by atoms with Crippen molar-refractivity contribution in [3.05, 3.63) is 35.9 Å². The Labute approximate surface area is 158 Å². The van der Waals surface area contributed by atoms with Crippen LogP contribution in [-0.2, 0) is 9.53 Å². The molecule has 0 saturated heterocycles. The quantitative estimate of drug-likeness (QED) is 0.631. The summed E-state index contributed by atoms with van der Waals surface area (Å²) in [6.45, 7) is 8.08. The molecule has 0 spiro atoms. The van der Waals surface area contributed by atoms with E-state index in [2.05, 4.69) is 20.9 Å². The highest BCUT2D eigenvalue weighted by molar-refractivity contribution is 5.77. The molecule has 26 heavy (non-hydrogen) atoms. The minimum atomic E-state index is -0.769. The van der Waals surface area contributed by atoms with Crippen molar-refractivity contribution in [3.8, 4) is 0 Å². The number of ether oxygens (including phenoxy) is 1. The summed E-state index contributed by atoms with van der Waals surface area (Å²) in [5.41, 5.74) is 0.860. The molecule has 0 aliphatic heterocycles. The average Bonchev–Trinajstić information content (AvgIpc) is 2.68. The number of likely N-dealkylation sites (N-methyl/N-ethyl adjacent to an activating group) is 1. The number of carbonyl (C=O) groups is 1. The Morgan fingerprint density at radius 3 is 2.31 bits per heavy atom. The lowest BCUT2D eigenvalue weighted by Crippen LogP contribution is -2.47. The van der Waals surface area contributed by atoms with E-state index in [9.17, 15) is 9.90 Å². The van der Waals surface area contributed by atoms with Gasteiger partial charge in [-0.1, -0.05) is 49.6 Å². The van der Waals surface area contributed by atoms with Gasteiger partial charge in [0.1, 0.15) is 12.5 Å². The van der Waals surface area contributed by atoms with Crippen LogP contribution in [0, 0.1) is 5.92 Å². The largest absolute Gasteiger partial charge is 0.481 e. The Morgan fingerprint density at radius 2 is 1.77 bits per heavy atom. The molecule has 4 nitrogen and oxygen atoms in total. The van der Waals surface area contributed by atoms with E-state index < -0.39 is 11.9 Å². The van der Waals surface area contributed by atoms with E-state index in [1.54, 1.807) is 0 Å². The zero-order valence-electron chi connectivity index (χ0n) is 16.7. The maximum absolute atomic E-state index is 12.2. The van der Waals surface area contributed by atoms with Crippen molar-refractivity contribution in [1.29, 1.82) is 0 Å². The summed E-state index contributed by atoms with van der Waals surface area (Å²) in [6, 6.07) is 9.63. The van der Waals surface area contributed by atoms with Crippen molar-refractivity contribution < 1.29 is 19.1 Å². The van der Waals surface area contributed by atoms with Crippen LogP contribution in [0.2, 0.25) is 0 Å². The normalized spacial score (nSPS) is 18.4. The van der Waals surface area contributed by atoms with Gasteiger partial charge in [-0.2, -0.15) is 0 Å². The molecule has 0 radical (unpaired) electrons. The van der Waals surface area contributed by atoms with Crippen molar-refractivity contribution >= 4 is 5.97 Å². The number of hydrogen-bond donors (Lipinski definition) is 1. The molecule has 0 amide bonds. The molecule has 1 saturated carbocycles. The second-order valence-electron chi connectivity index (χ2n) is 7.94. The van der Waals surface area contributed by atoms with Crippen molar-refractivity contribution in [2.45, 2.75) is 58.0 Å². The highest BCUT2D eigenvalue weighted by atomic mass is 16.5. The summed E-state index contributed by atoms with van der Waals surface area (Å²) >= 11 is 0. The van der Waals surface area contributed by atoms with Crippen LogP contribution < -0.4 is 0 Å². The van der Waals surface area contributed by atoms with Crippen LogP contribution in [0.3, 0.4) is 0 Å². The van der Waals surface area contributed by atoms with E-state index >= 15 is 0 Å². The minimum absolute atomic E-state index is 0.239. The Hall–Kier alpha value is -1.39. The zero-order chi connectivity index (χ0) is 19.0. The molecular formula is C22H36NO3+. The molecule has 1 aliphatic rings. The van der Waals surface area contributed by atoms with Crippen molar-refractivity contribution in [2.24, 2.45) is 5.92 Å². The Bertz CT molecular complexity index is 536. The second-order valence-corrected chi connectivity index (χ2v) is 7.94. The first-order valence-corrected chi connectivity index (χ1v) is 10.2. The Morgan fingerprint density at radius 1 is 1.15 bits per heavy atom. The van der Waals surface area contributed by atoms with Gasteiger partial charge in [0.05, 0.1) is 32.8 Å². The predicted molar refractivity (Wildman–Crippen MR) is 105 cm³/mol. The summed E-state index contributed by atoms with van der Waals surface area (Å²) in [5.74, 6) is -1.01. The monoisotopic (exact) mass is 362 g/mol. The number of nitrogens with zero attached hydrogens (tertiary/aromatic N) is 1. The molecule has 0 aromatic heterocycles. The molecular weight excluding hydrogens is 326 g/mol. The number of carboxylic acid groups (broad SMARTS) is 1. The maximum atomic E-state index is 12.2. The third-order valence-electron chi connectivity index (χ3n) is 6.34. The van der Waals surface area contributed by atoms with Crippen molar-refractivity contribution in [3.63, 3.8) is 0 Å². The SMILES string of the molecule is CC[N+](C)(CC)CCOC(C1CCCCC1)C(C(=O)O)c1ccccc1. The number of quaternary nitrogens is 1. The van der Waals surface area contributed by atoms with Crippen LogP contribution in [0.25, 0.3) is 0 Å². The fourth-order valence-electron chi connectivity index (χ4n) is 4.05. The molecule has 1 N–H and O–H groups in total. The van der Waals surface area contributed by atoms with Gasteiger partial charge >= 0.3 is 5.97 Å². The van der Waals surface area contributed by atoms with E-state index in [-0.39, 0.29) is 6.10 Å². The molecule has 0 bridgehead atoms. The molecule has 1 aliphatic carbocycles. The molecule has 1 aromatic carbocycles. The fraction of sp³-hybridized carbons (Fsp3) is 0.682. The molecule has 1 aromatic rings. The minimum Gasteiger partial charge on any atom is -0.481 e. The summed E-state index contributed by atoms with van der Waals surface area (Å²) < 4.78 is 7.32. The maximum Gasteiger partial charge on any atom is 0.313 e. The Balaban J connectivity index is 2.17. The second kappa shape index (κ2) is 10.1. The van der Waals surface area contributed by atoms with E-state index in [0.29, 0.717) is 12.5 Å². The molecule has 146 valence electrons. The van der Waals surface area contributed by atoms with Gasteiger partial charge in [-0.05, 0) is 38.2 Å². The molecule has 2 unspecified atom stereocenters. The zero-order valence-corrected chi connectivity index (χ0v) is 16.7. The number of aliphatic carboxylic acids is 1. The first kappa shape index (κ1) is 20.9. The Kier molecular flexibility index (Phi) is 8.11. The van der Waals surface area contributed by atoms with E-state index in [1.807, 2.05) is 30.3 Å². The van der Waals surface area contributed by atoms with Gasteiger partial charge < -0.3 is 14.3 Å². The lowest BCUT2D eigenvalue weighted by Gasteiger charge is -2.36. The molecule has 0 heterocycles. The van der Waals surface area contributed by atoms with Gasteiger partial charge in [-0.25, -0.2) is 0 Å². The molecule has 2 atom stereocenters. The summed E-state index contributed by atoms with van der Waals surface area (Å²) in [6.07, 6.45) is 5.54. The highest BCUT2D eigenvalue weighted by Crippen LogP contribution is 2.36. The molecule has 4 heteroatoms. The number of hydrogen-bond acceptors (Lipinski definition) is 2. The smallest absolute Gasteiger partial charge is 0.313 e. The van der Waals surface area contributed by atoms with Crippen molar-refractivity contribution in [1.82, 2.24) is 0 Å². The molecule has 2 rings (SSSR count). The van der Waals surface area contributed by atoms with Gasteiger partial charge in [0.25, 0.3) is 0 Å². The third kappa shape index (κ3) is 5.55. The lowest BCUT2D eigenvalue weighted by molar-refractivity contribution is -0.906. The number of benzene rings is 1. The van der Waals surface area contributed by atoms with Gasteiger partial charge in [0.15, 0.2) is 0 Å². The van der Waals surface area contributed by atoms with Crippen molar-refractivity contribution in [2.75, 3.05) is 33.3 Å². The van der Waals surface area contributed by atoms with Crippen LogP contribution in [-0.4, -0.2) is 55.0 Å². The van der Waals surface area contributed by atoms with Gasteiger partial charge in [-0.15, -0.1) is 0 Å². The van der Waals surface area contributed by atoms with Gasteiger partial charge in [0, 0.05) is 0 Å². The number of rotatable bonds is 10. The highest BCUT2D eigenvalue weighted by Gasteiger charge is 2.37. The number of carboxylic acids is 1. The van der Waals surface area contributed by atoms with Crippen LogP contribution in [0.4, 0.5) is 0 Å². The lowest BCUT2D eigenvalue weighted by atomic mass is 9.78. The van der Waals surface area contributed by atoms with E-state index in [4.69, 9.17) is 4.74 Å². The first-order chi connectivity index (χ1) is 12.5. The first-order valence-electron chi connectivity index (χ1n) is 10.2. The summed E-state index contributed by atoms with van der Waals surface area (Å²) in [7, 11) is 2.24. The van der Waals surface area contributed by atoms with Gasteiger partial charge in [-0.3, -0.25) is 4.79 Å². The standard InChI is InChI=1S/C22H35NO3/c1-4-23(3,5-2)16-17-26-21(19-14-10-7-11-15-19)20(22(24)25)18-12-8-6-9-13-18/h6,8-9,12-13,19-21H,4-5,7,10-11,14-17H2,1-3H3/p+1. The fourth-order valence-corrected chi connectivity index (χ4v) is 4.05. The van der Waals surface area contributed by atoms with Gasteiger partial charge in [0.2, 0.25) is 0 Å². The van der Waals surface area contributed by atoms with Crippen LogP contribution in [0.5, 0.6) is 0 Å². The summed E-state index contributed by atoms with van der Waals surface area (Å²) in [5, 5.41) is 10.00. The average molecular weight is 363 g/mol. The topological polar surface area (TPSA) is 46.5 Å². The molecule has 1 fully saturated rings. The third-order valence-corrected chi connectivity index (χ3v) is 6.34. The van der Waals surface area contributed by atoms with Crippen LogP contribution in [0.15, 0.2) is 30.3 Å². The van der Waals surface area contributed by atoms with E-state index in [0.717, 1.165) is 42.5 Å².